The summed E-state index contributed by atoms with van der Waals surface area (Å²) in [5.74, 6) is -0.155. The molecule has 0 fully saturated rings. The topological polar surface area (TPSA) is 73.5 Å². The summed E-state index contributed by atoms with van der Waals surface area (Å²) < 4.78 is 0. The first-order valence-electron chi connectivity index (χ1n) is 6.47. The van der Waals surface area contributed by atoms with Crippen LogP contribution in [0.2, 0.25) is 0 Å². The molecule has 0 saturated carbocycles. The predicted octanol–water partition coefficient (Wildman–Crippen LogP) is 1.04. The van der Waals surface area contributed by atoms with Crippen molar-refractivity contribution in [3.63, 3.8) is 0 Å². The Morgan fingerprint density at radius 1 is 1.15 bits per heavy atom. The van der Waals surface area contributed by atoms with Crippen LogP contribution >= 0.6 is 0 Å². The minimum atomic E-state index is -0.175. The number of nitrogens with one attached hydrogen (secondary N) is 3. The number of amides is 3. The Balaban J connectivity index is 2.51. The van der Waals surface area contributed by atoms with Gasteiger partial charge in [-0.2, -0.15) is 0 Å². The standard InChI is InChI=1S/C14H22N4O2/c1-10-5-6-12(15-2)11(9-10)13(19)16-7-8-17-14(20)18(3)4/h5-6,9,15H,7-8H2,1-4H3,(H,16,19)(H,17,20). The van der Waals surface area contributed by atoms with Crippen LogP contribution in [-0.2, 0) is 0 Å². The van der Waals surface area contributed by atoms with Crippen molar-refractivity contribution in [2.75, 3.05) is 39.5 Å². The van der Waals surface area contributed by atoms with Crippen molar-refractivity contribution in [2.45, 2.75) is 6.92 Å². The molecule has 1 aromatic carbocycles. The maximum Gasteiger partial charge on any atom is 0.316 e. The Morgan fingerprint density at radius 3 is 2.40 bits per heavy atom. The smallest absolute Gasteiger partial charge is 0.316 e. The molecule has 0 unspecified atom stereocenters. The van der Waals surface area contributed by atoms with Crippen molar-refractivity contribution >= 4 is 17.6 Å². The highest BCUT2D eigenvalue weighted by Gasteiger charge is 2.10. The molecule has 0 bridgehead atoms. The Morgan fingerprint density at radius 2 is 1.80 bits per heavy atom. The molecule has 0 saturated heterocycles. The second kappa shape index (κ2) is 7.37. The number of anilines is 1. The zero-order chi connectivity index (χ0) is 15.1. The molecule has 6 nitrogen and oxygen atoms in total. The first-order valence-corrected chi connectivity index (χ1v) is 6.47. The quantitative estimate of drug-likeness (QED) is 0.705. The summed E-state index contributed by atoms with van der Waals surface area (Å²) in [5.41, 5.74) is 2.41. The highest BCUT2D eigenvalue weighted by Crippen LogP contribution is 2.16. The summed E-state index contributed by atoms with van der Waals surface area (Å²) in [4.78, 5) is 24.8. The van der Waals surface area contributed by atoms with Crippen LogP contribution in [0.4, 0.5) is 10.5 Å². The van der Waals surface area contributed by atoms with E-state index in [2.05, 4.69) is 16.0 Å². The van der Waals surface area contributed by atoms with Gasteiger partial charge < -0.3 is 20.9 Å². The summed E-state index contributed by atoms with van der Waals surface area (Å²) in [7, 11) is 5.11. The summed E-state index contributed by atoms with van der Waals surface area (Å²) in [6.07, 6.45) is 0. The highest BCUT2D eigenvalue weighted by molar-refractivity contribution is 5.99. The summed E-state index contributed by atoms with van der Waals surface area (Å²) in [6, 6.07) is 5.48. The van der Waals surface area contributed by atoms with E-state index < -0.39 is 0 Å². The van der Waals surface area contributed by atoms with Gasteiger partial charge in [0.25, 0.3) is 5.91 Å². The van der Waals surface area contributed by atoms with E-state index in [9.17, 15) is 9.59 Å². The maximum atomic E-state index is 12.1. The van der Waals surface area contributed by atoms with Gasteiger partial charge >= 0.3 is 6.03 Å². The van der Waals surface area contributed by atoms with Crippen molar-refractivity contribution in [2.24, 2.45) is 0 Å². The molecule has 0 spiro atoms. The van der Waals surface area contributed by atoms with E-state index >= 15 is 0 Å². The molecule has 0 aliphatic carbocycles. The van der Waals surface area contributed by atoms with E-state index in [0.717, 1.165) is 11.3 Å². The fourth-order valence-electron chi connectivity index (χ4n) is 1.66. The third-order valence-corrected chi connectivity index (χ3v) is 2.78. The molecule has 1 rings (SSSR count). The minimum absolute atomic E-state index is 0.155. The lowest BCUT2D eigenvalue weighted by Crippen LogP contribution is -2.39. The van der Waals surface area contributed by atoms with E-state index in [1.807, 2.05) is 25.1 Å². The van der Waals surface area contributed by atoms with Crippen LogP contribution < -0.4 is 16.0 Å². The number of carbonyl (C=O) groups excluding carboxylic acids is 2. The molecule has 0 aromatic heterocycles. The number of benzene rings is 1. The van der Waals surface area contributed by atoms with Crippen molar-refractivity contribution in [1.29, 1.82) is 0 Å². The van der Waals surface area contributed by atoms with Crippen LogP contribution in [0, 0.1) is 6.92 Å². The summed E-state index contributed by atoms with van der Waals surface area (Å²) >= 11 is 0. The zero-order valence-electron chi connectivity index (χ0n) is 12.4. The van der Waals surface area contributed by atoms with Crippen LogP contribution in [0.25, 0.3) is 0 Å². The second-order valence-corrected chi connectivity index (χ2v) is 4.68. The average Bonchev–Trinajstić information content (AvgIpc) is 2.42. The molecule has 0 aliphatic heterocycles. The molecule has 3 N–H and O–H groups in total. The van der Waals surface area contributed by atoms with Crippen LogP contribution in [-0.4, -0.2) is 51.1 Å². The predicted molar refractivity (Wildman–Crippen MR) is 80.1 cm³/mol. The Labute approximate surface area is 119 Å². The van der Waals surface area contributed by atoms with Gasteiger partial charge in [-0.3, -0.25) is 4.79 Å². The molecular weight excluding hydrogens is 256 g/mol. The van der Waals surface area contributed by atoms with Crippen molar-refractivity contribution in [3.8, 4) is 0 Å². The van der Waals surface area contributed by atoms with E-state index in [-0.39, 0.29) is 11.9 Å². The molecule has 0 heterocycles. The molecule has 1 aromatic rings. The summed E-state index contributed by atoms with van der Waals surface area (Å²) in [6.45, 7) is 2.71. The van der Waals surface area contributed by atoms with E-state index in [4.69, 9.17) is 0 Å². The van der Waals surface area contributed by atoms with Gasteiger partial charge in [0.2, 0.25) is 0 Å². The van der Waals surface area contributed by atoms with E-state index in [1.54, 1.807) is 21.1 Å². The molecular formula is C14H22N4O2. The molecule has 3 amide bonds. The van der Waals surface area contributed by atoms with Gasteiger partial charge in [-0.15, -0.1) is 0 Å². The fraction of sp³-hybridized carbons (Fsp3) is 0.429. The van der Waals surface area contributed by atoms with Crippen LogP contribution in [0.15, 0.2) is 18.2 Å². The fourth-order valence-corrected chi connectivity index (χ4v) is 1.66. The normalized spacial score (nSPS) is 9.80. The van der Waals surface area contributed by atoms with E-state index in [1.165, 1.54) is 4.90 Å². The monoisotopic (exact) mass is 278 g/mol. The Hall–Kier alpha value is -2.24. The lowest BCUT2D eigenvalue weighted by Gasteiger charge is -2.13. The third kappa shape index (κ3) is 4.46. The zero-order valence-corrected chi connectivity index (χ0v) is 12.4. The van der Waals surface area contributed by atoms with Crippen molar-refractivity contribution in [1.82, 2.24) is 15.5 Å². The second-order valence-electron chi connectivity index (χ2n) is 4.68. The van der Waals surface area contributed by atoms with Gasteiger partial charge in [0.1, 0.15) is 0 Å². The SMILES string of the molecule is CNc1ccc(C)cc1C(=O)NCCNC(=O)N(C)C. The van der Waals surface area contributed by atoms with E-state index in [0.29, 0.717) is 18.7 Å². The highest BCUT2D eigenvalue weighted by atomic mass is 16.2. The average molecular weight is 278 g/mol. The largest absolute Gasteiger partial charge is 0.387 e. The molecule has 6 heteroatoms. The van der Waals surface area contributed by atoms with Crippen molar-refractivity contribution < 1.29 is 9.59 Å². The van der Waals surface area contributed by atoms with Crippen molar-refractivity contribution in [3.05, 3.63) is 29.3 Å². The third-order valence-electron chi connectivity index (χ3n) is 2.78. The number of hydrogen-bond acceptors (Lipinski definition) is 3. The lowest BCUT2D eigenvalue weighted by molar-refractivity contribution is 0.0954. The number of nitrogens with zero attached hydrogens (tertiary/aromatic N) is 1. The van der Waals surface area contributed by atoms with Gasteiger partial charge in [0, 0.05) is 39.9 Å². The van der Waals surface area contributed by atoms with Crippen LogP contribution in [0.3, 0.4) is 0 Å². The number of carbonyl (C=O) groups is 2. The Kier molecular flexibility index (Phi) is 5.83. The molecule has 20 heavy (non-hydrogen) atoms. The number of urea groups is 1. The first kappa shape index (κ1) is 15.8. The van der Waals surface area contributed by atoms with Gasteiger partial charge in [0.15, 0.2) is 0 Å². The first-order chi connectivity index (χ1) is 9.45. The molecule has 0 aliphatic rings. The van der Waals surface area contributed by atoms with Gasteiger partial charge in [-0.1, -0.05) is 11.6 Å². The van der Waals surface area contributed by atoms with Crippen LogP contribution in [0.5, 0.6) is 0 Å². The molecule has 0 atom stereocenters. The Bertz CT molecular complexity index is 486. The van der Waals surface area contributed by atoms with Gasteiger partial charge in [-0.25, -0.2) is 4.79 Å². The van der Waals surface area contributed by atoms with Crippen LogP contribution in [0.1, 0.15) is 15.9 Å². The number of aryl methyl sites for hydroxylation is 1. The number of hydrogen-bond donors (Lipinski definition) is 3. The molecule has 110 valence electrons. The maximum absolute atomic E-state index is 12.1. The summed E-state index contributed by atoms with van der Waals surface area (Å²) in [5, 5.41) is 8.46. The molecule has 0 radical (unpaired) electrons. The lowest BCUT2D eigenvalue weighted by atomic mass is 10.1. The minimum Gasteiger partial charge on any atom is -0.387 e. The van der Waals surface area contributed by atoms with Gasteiger partial charge in [0.05, 0.1) is 5.56 Å². The number of rotatable bonds is 5. The van der Waals surface area contributed by atoms with Gasteiger partial charge in [-0.05, 0) is 19.1 Å².